The highest BCUT2D eigenvalue weighted by atomic mass is 79.9. The Bertz CT molecular complexity index is 330. The zero-order valence-corrected chi connectivity index (χ0v) is 11.2. The smallest absolute Gasteiger partial charge is 0.156 e. The van der Waals surface area contributed by atoms with Gasteiger partial charge in [0.15, 0.2) is 5.75 Å². The summed E-state index contributed by atoms with van der Waals surface area (Å²) >= 11 is 3.25. The average Bonchev–Trinajstić information content (AvgIpc) is 2.22. The summed E-state index contributed by atoms with van der Waals surface area (Å²) in [5.74, 6) is 0.684. The van der Waals surface area contributed by atoms with E-state index in [1.54, 1.807) is 0 Å². The molecule has 0 saturated carbocycles. The van der Waals surface area contributed by atoms with Crippen LogP contribution in [0.15, 0.2) is 16.6 Å². The minimum Gasteiger partial charge on any atom is -0.490 e. The maximum absolute atomic E-state index is 13.0. The van der Waals surface area contributed by atoms with Crippen molar-refractivity contribution in [3.63, 3.8) is 0 Å². The molecule has 90 valence electrons. The summed E-state index contributed by atoms with van der Waals surface area (Å²) in [6.45, 7) is 4.86. The number of hydrogen-bond acceptors (Lipinski definition) is 2. The fourth-order valence-electron chi connectivity index (χ4n) is 1.46. The molecule has 16 heavy (non-hydrogen) atoms. The molecule has 4 heteroatoms. The Morgan fingerprint density at radius 2 is 2.00 bits per heavy atom. The number of benzene rings is 1. The molecule has 0 radical (unpaired) electrons. The first-order chi connectivity index (χ1) is 7.58. The highest BCUT2D eigenvalue weighted by Gasteiger charge is 2.11. The summed E-state index contributed by atoms with van der Waals surface area (Å²) in [6, 6.07) is 2.63. The first kappa shape index (κ1) is 13.3. The molecule has 1 aromatic carbocycles. The van der Waals surface area contributed by atoms with Gasteiger partial charge in [-0.2, -0.15) is 0 Å². The van der Waals surface area contributed by atoms with Crippen molar-refractivity contribution in [3.8, 4) is 5.75 Å². The van der Waals surface area contributed by atoms with Crippen LogP contribution in [0, 0.1) is 11.7 Å². The Morgan fingerprint density at radius 3 is 2.50 bits per heavy atom. The van der Waals surface area contributed by atoms with E-state index in [2.05, 4.69) is 29.8 Å². The molecule has 0 amide bonds. The van der Waals surface area contributed by atoms with Gasteiger partial charge in [-0.3, -0.25) is 0 Å². The quantitative estimate of drug-likeness (QED) is 0.832. The molecule has 0 spiro atoms. The number of halogens is 2. The normalized spacial score (nSPS) is 10.8. The van der Waals surface area contributed by atoms with Crippen molar-refractivity contribution in [2.45, 2.75) is 26.7 Å². The van der Waals surface area contributed by atoms with Gasteiger partial charge in [-0.05, 0) is 27.9 Å². The van der Waals surface area contributed by atoms with Crippen LogP contribution in [-0.2, 0) is 0 Å². The lowest BCUT2D eigenvalue weighted by atomic mass is 10.1. The van der Waals surface area contributed by atoms with E-state index in [9.17, 15) is 4.39 Å². The summed E-state index contributed by atoms with van der Waals surface area (Å²) < 4.78 is 19.2. The zero-order valence-electron chi connectivity index (χ0n) is 9.59. The molecule has 0 bridgehead atoms. The molecule has 0 aromatic heterocycles. The maximum atomic E-state index is 13.0. The van der Waals surface area contributed by atoms with Crippen molar-refractivity contribution in [1.29, 1.82) is 0 Å². The lowest BCUT2D eigenvalue weighted by molar-refractivity contribution is 0.240. The Labute approximate surface area is 104 Å². The third-order valence-electron chi connectivity index (χ3n) is 2.66. The first-order valence-corrected chi connectivity index (χ1v) is 6.25. The molecule has 0 aliphatic rings. The number of hydrogen-bond donors (Lipinski definition) is 1. The van der Waals surface area contributed by atoms with E-state index in [1.165, 1.54) is 12.1 Å². The maximum Gasteiger partial charge on any atom is 0.156 e. The number of anilines is 1. The molecule has 2 nitrogen and oxygen atoms in total. The van der Waals surface area contributed by atoms with Gasteiger partial charge in [-0.1, -0.05) is 26.7 Å². The van der Waals surface area contributed by atoms with E-state index in [4.69, 9.17) is 10.5 Å². The van der Waals surface area contributed by atoms with Crippen LogP contribution in [-0.4, -0.2) is 6.61 Å². The Kier molecular flexibility index (Phi) is 5.06. The highest BCUT2D eigenvalue weighted by molar-refractivity contribution is 9.10. The Morgan fingerprint density at radius 1 is 1.38 bits per heavy atom. The van der Waals surface area contributed by atoms with Gasteiger partial charge >= 0.3 is 0 Å². The topological polar surface area (TPSA) is 35.2 Å². The van der Waals surface area contributed by atoms with Gasteiger partial charge in [0.05, 0.1) is 16.8 Å². The van der Waals surface area contributed by atoms with E-state index >= 15 is 0 Å². The number of rotatable bonds is 5. The van der Waals surface area contributed by atoms with Crippen molar-refractivity contribution >= 4 is 21.6 Å². The average molecular weight is 290 g/mol. The van der Waals surface area contributed by atoms with Crippen LogP contribution in [0.25, 0.3) is 0 Å². The van der Waals surface area contributed by atoms with Crippen LogP contribution < -0.4 is 10.5 Å². The highest BCUT2D eigenvalue weighted by Crippen LogP contribution is 2.32. The number of nitrogen functional groups attached to an aromatic ring is 1. The molecule has 0 aliphatic carbocycles. The van der Waals surface area contributed by atoms with Crippen molar-refractivity contribution in [3.05, 3.63) is 22.4 Å². The van der Waals surface area contributed by atoms with Crippen molar-refractivity contribution in [1.82, 2.24) is 0 Å². The summed E-state index contributed by atoms with van der Waals surface area (Å²) in [7, 11) is 0. The molecule has 0 unspecified atom stereocenters. The van der Waals surface area contributed by atoms with Gasteiger partial charge in [0.25, 0.3) is 0 Å². The molecule has 1 aromatic rings. The molecular formula is C12H17BrFNO. The van der Waals surface area contributed by atoms with Crippen LogP contribution in [0.3, 0.4) is 0 Å². The molecule has 0 atom stereocenters. The fourth-order valence-corrected chi connectivity index (χ4v) is 2.02. The second-order valence-corrected chi connectivity index (χ2v) is 4.65. The van der Waals surface area contributed by atoms with Gasteiger partial charge in [0.2, 0.25) is 0 Å². The molecule has 0 saturated heterocycles. The second-order valence-electron chi connectivity index (χ2n) is 3.80. The first-order valence-electron chi connectivity index (χ1n) is 5.45. The van der Waals surface area contributed by atoms with Crippen LogP contribution in [0.4, 0.5) is 10.1 Å². The minimum absolute atomic E-state index is 0.331. The van der Waals surface area contributed by atoms with Crippen molar-refractivity contribution < 1.29 is 9.13 Å². The van der Waals surface area contributed by atoms with Gasteiger partial charge in [0.1, 0.15) is 5.82 Å². The third-order valence-corrected chi connectivity index (χ3v) is 3.24. The van der Waals surface area contributed by atoms with Gasteiger partial charge < -0.3 is 10.5 Å². The molecular weight excluding hydrogens is 273 g/mol. The molecule has 0 fully saturated rings. The summed E-state index contributed by atoms with van der Waals surface area (Å²) in [5.41, 5.74) is 6.03. The molecule has 0 aliphatic heterocycles. The van der Waals surface area contributed by atoms with Crippen molar-refractivity contribution in [2.24, 2.45) is 5.92 Å². The van der Waals surface area contributed by atoms with Gasteiger partial charge in [0, 0.05) is 6.07 Å². The number of nitrogens with two attached hydrogens (primary N) is 1. The molecule has 1 rings (SSSR count). The van der Waals surface area contributed by atoms with E-state index in [1.807, 2.05) is 0 Å². The molecule has 2 N–H and O–H groups in total. The Balaban J connectivity index is 2.74. The fraction of sp³-hybridized carbons (Fsp3) is 0.500. The summed E-state index contributed by atoms with van der Waals surface area (Å²) in [5, 5.41) is 0. The van der Waals surface area contributed by atoms with Crippen LogP contribution in [0.1, 0.15) is 26.7 Å². The third kappa shape index (κ3) is 3.37. The second kappa shape index (κ2) is 6.09. The van der Waals surface area contributed by atoms with E-state index in [0.717, 1.165) is 12.8 Å². The predicted octanol–water partition coefficient (Wildman–Crippen LogP) is 3.99. The van der Waals surface area contributed by atoms with Gasteiger partial charge in [-0.15, -0.1) is 0 Å². The predicted molar refractivity (Wildman–Crippen MR) is 68.1 cm³/mol. The minimum atomic E-state index is -0.362. The van der Waals surface area contributed by atoms with Crippen LogP contribution in [0.5, 0.6) is 5.75 Å². The number of ether oxygens (including phenoxy) is 1. The van der Waals surface area contributed by atoms with Gasteiger partial charge in [-0.25, -0.2) is 4.39 Å². The molecule has 0 heterocycles. The largest absolute Gasteiger partial charge is 0.490 e. The standard InChI is InChI=1S/C12H17BrFNO/c1-3-8(4-2)7-16-12-10(13)5-9(14)6-11(12)15/h5-6,8H,3-4,7,15H2,1-2H3. The lowest BCUT2D eigenvalue weighted by Gasteiger charge is -2.16. The summed E-state index contributed by atoms with van der Waals surface area (Å²) in [6.07, 6.45) is 2.13. The summed E-state index contributed by atoms with van der Waals surface area (Å²) in [4.78, 5) is 0. The SMILES string of the molecule is CCC(CC)COc1c(N)cc(F)cc1Br. The van der Waals surface area contributed by atoms with E-state index < -0.39 is 0 Å². The van der Waals surface area contributed by atoms with Crippen molar-refractivity contribution in [2.75, 3.05) is 12.3 Å². The monoisotopic (exact) mass is 289 g/mol. The van der Waals surface area contributed by atoms with Crippen LogP contribution in [0.2, 0.25) is 0 Å². The lowest BCUT2D eigenvalue weighted by Crippen LogP contribution is -2.11. The Hall–Kier alpha value is -0.770. The van der Waals surface area contributed by atoms with Crippen LogP contribution >= 0.6 is 15.9 Å². The zero-order chi connectivity index (χ0) is 12.1. The van der Waals surface area contributed by atoms with E-state index in [-0.39, 0.29) is 5.82 Å². The van der Waals surface area contributed by atoms with E-state index in [0.29, 0.717) is 28.4 Å².